The molecule has 1 aromatic carbocycles. The van der Waals surface area contributed by atoms with Crippen molar-refractivity contribution in [3.8, 4) is 11.8 Å². The number of hydrogen-bond donors (Lipinski definition) is 4. The highest BCUT2D eigenvalue weighted by atomic mass is 16.5. The number of carbonyl (C=O) groups is 2. The van der Waals surface area contributed by atoms with Crippen LogP contribution < -0.4 is 20.7 Å². The molecule has 0 bridgehead atoms. The Morgan fingerprint density at radius 1 is 1.20 bits per heavy atom. The first-order chi connectivity index (χ1) is 19.3. The second-order valence-corrected chi connectivity index (χ2v) is 9.46. The second-order valence-electron chi connectivity index (χ2n) is 9.46. The average Bonchev–Trinajstić information content (AvgIpc) is 2.96. The third-order valence-corrected chi connectivity index (χ3v) is 6.60. The van der Waals surface area contributed by atoms with E-state index in [1.165, 1.54) is 7.11 Å². The van der Waals surface area contributed by atoms with Gasteiger partial charge in [0, 0.05) is 62.2 Å². The number of anilines is 3. The Bertz CT molecular complexity index is 1300. The van der Waals surface area contributed by atoms with Gasteiger partial charge in [0.15, 0.2) is 5.60 Å². The van der Waals surface area contributed by atoms with Gasteiger partial charge in [0.2, 0.25) is 11.9 Å². The van der Waals surface area contributed by atoms with Crippen LogP contribution in [0.15, 0.2) is 54.8 Å². The number of likely N-dealkylation sites (tertiary alicyclic amines) is 1. The maximum atomic E-state index is 12.0. The van der Waals surface area contributed by atoms with E-state index in [1.807, 2.05) is 12.2 Å². The Morgan fingerprint density at radius 2 is 1.93 bits per heavy atom. The van der Waals surface area contributed by atoms with Gasteiger partial charge in [-0.3, -0.25) is 4.79 Å². The number of amides is 3. The first kappa shape index (κ1) is 28.5. The van der Waals surface area contributed by atoms with Crippen molar-refractivity contribution in [3.05, 3.63) is 60.5 Å². The van der Waals surface area contributed by atoms with E-state index in [0.717, 1.165) is 5.69 Å². The summed E-state index contributed by atoms with van der Waals surface area (Å²) in [5.41, 5.74) is 0.625. The SMILES string of the molecule is COc1cc(NC(=O)NCCO)cc(Nc2nccc(C3C=CC(C#N)(OC4CCN(C(C)=O)CC4)C=C3)n2)c1. The van der Waals surface area contributed by atoms with Crippen LogP contribution in [0.1, 0.15) is 31.4 Å². The molecule has 4 rings (SSSR count). The Morgan fingerprint density at radius 3 is 2.58 bits per heavy atom. The van der Waals surface area contributed by atoms with Crippen LogP contribution in [-0.2, 0) is 9.53 Å². The molecule has 1 fully saturated rings. The number of aliphatic hydroxyl groups is 1. The molecule has 12 nitrogen and oxygen atoms in total. The van der Waals surface area contributed by atoms with E-state index in [9.17, 15) is 14.9 Å². The number of nitrogens with zero attached hydrogens (tertiary/aromatic N) is 4. The number of benzene rings is 1. The van der Waals surface area contributed by atoms with Crippen molar-refractivity contribution in [1.29, 1.82) is 5.26 Å². The average molecular weight is 548 g/mol. The van der Waals surface area contributed by atoms with Gasteiger partial charge in [0.25, 0.3) is 0 Å². The Hall–Kier alpha value is -4.47. The number of urea groups is 1. The number of nitrogens with one attached hydrogen (secondary N) is 3. The van der Waals surface area contributed by atoms with Crippen LogP contribution in [0.25, 0.3) is 0 Å². The molecule has 2 aromatic rings. The van der Waals surface area contributed by atoms with E-state index >= 15 is 0 Å². The number of rotatable bonds is 9. The summed E-state index contributed by atoms with van der Waals surface area (Å²) in [6.07, 6.45) is 10.2. The van der Waals surface area contributed by atoms with Crippen LogP contribution in [0, 0.1) is 11.3 Å². The van der Waals surface area contributed by atoms with Crippen LogP contribution >= 0.6 is 0 Å². The van der Waals surface area contributed by atoms with E-state index in [2.05, 4.69) is 32.0 Å². The summed E-state index contributed by atoms with van der Waals surface area (Å²) >= 11 is 0. The number of aliphatic hydroxyl groups excluding tert-OH is 1. The number of aromatic nitrogens is 2. The predicted octanol–water partition coefficient (Wildman–Crippen LogP) is 2.84. The van der Waals surface area contributed by atoms with E-state index in [-0.39, 0.29) is 31.1 Å². The molecule has 1 aromatic heterocycles. The van der Waals surface area contributed by atoms with Gasteiger partial charge in [-0.05, 0) is 37.1 Å². The van der Waals surface area contributed by atoms with Crippen LogP contribution in [0.5, 0.6) is 5.75 Å². The highest BCUT2D eigenvalue weighted by Gasteiger charge is 2.33. The smallest absolute Gasteiger partial charge is 0.319 e. The number of piperidine rings is 1. The molecule has 2 heterocycles. The summed E-state index contributed by atoms with van der Waals surface area (Å²) in [7, 11) is 1.52. The molecule has 1 aliphatic heterocycles. The monoisotopic (exact) mass is 547 g/mol. The number of carbonyl (C=O) groups excluding carboxylic acids is 2. The van der Waals surface area contributed by atoms with Gasteiger partial charge < -0.3 is 35.4 Å². The van der Waals surface area contributed by atoms with Gasteiger partial charge in [-0.25, -0.2) is 14.8 Å². The number of ether oxygens (including phenoxy) is 2. The lowest BCUT2D eigenvalue weighted by Gasteiger charge is -2.35. The fraction of sp³-hybridized carbons (Fsp3) is 0.393. The zero-order valence-corrected chi connectivity index (χ0v) is 22.5. The summed E-state index contributed by atoms with van der Waals surface area (Å²) in [5.74, 6) is 0.717. The van der Waals surface area contributed by atoms with Crippen LogP contribution in [0.2, 0.25) is 0 Å². The first-order valence-electron chi connectivity index (χ1n) is 13.0. The number of methoxy groups -OCH3 is 1. The van der Waals surface area contributed by atoms with E-state index in [0.29, 0.717) is 49.0 Å². The lowest BCUT2D eigenvalue weighted by molar-refractivity contribution is -0.132. The largest absolute Gasteiger partial charge is 0.497 e. The summed E-state index contributed by atoms with van der Waals surface area (Å²) < 4.78 is 11.5. The van der Waals surface area contributed by atoms with Gasteiger partial charge in [-0.1, -0.05) is 12.2 Å². The molecular formula is C28H33N7O5. The highest BCUT2D eigenvalue weighted by Crippen LogP contribution is 2.31. The molecule has 1 saturated heterocycles. The highest BCUT2D eigenvalue weighted by molar-refractivity contribution is 5.90. The standard InChI is InChI=1S/C28H33N7O5/c1-19(37)35-12-6-23(7-13-35)40-28(18-29)8-3-20(4-9-28)25-5-10-30-26(34-25)32-21-15-22(17-24(16-21)39-2)33-27(38)31-11-14-36/h3-5,8-10,15-17,20,23,36H,6-7,11-14H2,1-2H3,(H,30,32,34)(H2,31,33,38). The lowest BCUT2D eigenvalue weighted by atomic mass is 9.91. The van der Waals surface area contributed by atoms with Gasteiger partial charge in [0.1, 0.15) is 11.8 Å². The second kappa shape index (κ2) is 13.1. The molecule has 0 radical (unpaired) electrons. The minimum Gasteiger partial charge on any atom is -0.497 e. The van der Waals surface area contributed by atoms with Crippen LogP contribution in [0.4, 0.5) is 22.1 Å². The first-order valence-corrected chi connectivity index (χ1v) is 13.0. The summed E-state index contributed by atoms with van der Waals surface area (Å²) in [4.78, 5) is 34.3. The van der Waals surface area contributed by atoms with Gasteiger partial charge >= 0.3 is 6.03 Å². The quantitative estimate of drug-likeness (QED) is 0.346. The minimum atomic E-state index is -1.17. The van der Waals surface area contributed by atoms with E-state index in [1.54, 1.807) is 54.4 Å². The van der Waals surface area contributed by atoms with Crippen LogP contribution in [0.3, 0.4) is 0 Å². The van der Waals surface area contributed by atoms with Gasteiger partial charge in [-0.15, -0.1) is 0 Å². The van der Waals surface area contributed by atoms with Crippen molar-refractivity contribution < 1.29 is 24.2 Å². The summed E-state index contributed by atoms with van der Waals surface area (Å²) in [6.45, 7) is 2.77. The van der Waals surface area contributed by atoms with Crippen molar-refractivity contribution in [3.63, 3.8) is 0 Å². The number of hydrogen-bond acceptors (Lipinski definition) is 9. The number of allylic oxidation sites excluding steroid dienone is 2. The molecule has 4 N–H and O–H groups in total. The Labute approximate surface area is 232 Å². The lowest BCUT2D eigenvalue weighted by Crippen LogP contribution is -2.43. The maximum Gasteiger partial charge on any atom is 0.319 e. The maximum absolute atomic E-state index is 12.0. The zero-order valence-electron chi connectivity index (χ0n) is 22.5. The van der Waals surface area contributed by atoms with Gasteiger partial charge in [0.05, 0.1) is 25.5 Å². The van der Waals surface area contributed by atoms with E-state index < -0.39 is 11.6 Å². The fourth-order valence-corrected chi connectivity index (χ4v) is 4.51. The predicted molar refractivity (Wildman–Crippen MR) is 148 cm³/mol. The van der Waals surface area contributed by atoms with Crippen molar-refractivity contribution in [2.75, 3.05) is 44.0 Å². The molecule has 2 aliphatic rings. The molecule has 0 atom stereocenters. The number of nitriles is 1. The Balaban J connectivity index is 1.42. The Kier molecular flexibility index (Phi) is 9.31. The van der Waals surface area contributed by atoms with Gasteiger partial charge in [-0.2, -0.15) is 5.26 Å². The molecule has 0 spiro atoms. The third-order valence-electron chi connectivity index (χ3n) is 6.60. The van der Waals surface area contributed by atoms with E-state index in [4.69, 9.17) is 14.6 Å². The molecule has 0 unspecified atom stereocenters. The molecule has 0 saturated carbocycles. The normalized spacial score (nSPS) is 20.4. The summed E-state index contributed by atoms with van der Waals surface area (Å²) in [6, 6.07) is 8.73. The molecular weight excluding hydrogens is 514 g/mol. The third kappa shape index (κ3) is 7.34. The molecule has 40 heavy (non-hydrogen) atoms. The molecule has 3 amide bonds. The molecule has 1 aliphatic carbocycles. The van der Waals surface area contributed by atoms with Crippen molar-refractivity contribution in [2.45, 2.75) is 37.4 Å². The van der Waals surface area contributed by atoms with Crippen molar-refractivity contribution in [1.82, 2.24) is 20.2 Å². The summed E-state index contributed by atoms with van der Waals surface area (Å²) in [5, 5.41) is 27.2. The van der Waals surface area contributed by atoms with Crippen molar-refractivity contribution >= 4 is 29.3 Å². The molecule has 12 heteroatoms. The van der Waals surface area contributed by atoms with Crippen LogP contribution in [-0.4, -0.2) is 77.0 Å². The fourth-order valence-electron chi connectivity index (χ4n) is 4.51. The van der Waals surface area contributed by atoms with Crippen molar-refractivity contribution in [2.24, 2.45) is 0 Å². The zero-order chi connectivity index (χ0) is 28.5. The minimum absolute atomic E-state index is 0.0533. The topological polar surface area (TPSA) is 162 Å². The molecule has 210 valence electrons.